The smallest absolute Gasteiger partial charge is 0.247 e. The largest absolute Gasteiger partial charge is 0.391 e. The molecule has 0 saturated carbocycles. The highest BCUT2D eigenvalue weighted by Gasteiger charge is 2.53. The zero-order valence-corrected chi connectivity index (χ0v) is 20.8. The monoisotopic (exact) mass is 503 g/mol. The molecule has 2 fully saturated rings. The Labute approximate surface area is 210 Å². The molecule has 2 saturated heterocycles. The molecule has 4 unspecified atom stereocenters. The second-order valence-corrected chi connectivity index (χ2v) is 9.84. The Morgan fingerprint density at radius 3 is 2.33 bits per heavy atom. The number of likely N-dealkylation sites (tertiary alicyclic amines) is 2. The zero-order chi connectivity index (χ0) is 26.6. The third-order valence-electron chi connectivity index (χ3n) is 7.22. The quantitative estimate of drug-likeness (QED) is 0.276. The Balaban J connectivity index is 1.96. The summed E-state index contributed by atoms with van der Waals surface area (Å²) in [5, 5.41) is 22.4. The molecule has 0 radical (unpaired) electrons. The first-order chi connectivity index (χ1) is 17.0. The van der Waals surface area contributed by atoms with Crippen molar-refractivity contribution in [3.8, 4) is 0 Å². The molecule has 11 nitrogen and oxygen atoms in total. The fraction of sp³-hybridized carbons (Fsp3) is 0.600. The lowest BCUT2D eigenvalue weighted by Crippen LogP contribution is -2.65. The van der Waals surface area contributed by atoms with E-state index in [4.69, 9.17) is 11.5 Å². The van der Waals surface area contributed by atoms with Crippen molar-refractivity contribution in [2.45, 2.75) is 81.8 Å². The molecule has 0 bridgehead atoms. The minimum Gasteiger partial charge on any atom is -0.391 e. The summed E-state index contributed by atoms with van der Waals surface area (Å²) in [7, 11) is 0. The van der Waals surface area contributed by atoms with Gasteiger partial charge < -0.3 is 36.8 Å². The molecule has 11 heteroatoms. The number of nitrogens with two attached hydrogens (primary N) is 2. The highest BCUT2D eigenvalue weighted by Crippen LogP contribution is 2.36. The van der Waals surface area contributed by atoms with Crippen LogP contribution in [0.15, 0.2) is 30.3 Å². The maximum atomic E-state index is 13.9. The fourth-order valence-corrected chi connectivity index (χ4v) is 5.20. The molecule has 2 aliphatic heterocycles. The lowest BCUT2D eigenvalue weighted by molar-refractivity contribution is -0.152. The number of nitrogens with zero attached hydrogens (tertiary/aromatic N) is 2. The maximum Gasteiger partial charge on any atom is 0.247 e. The van der Waals surface area contributed by atoms with Crippen molar-refractivity contribution in [3.63, 3.8) is 0 Å². The van der Waals surface area contributed by atoms with Gasteiger partial charge in [0.05, 0.1) is 12.2 Å². The van der Waals surface area contributed by atoms with Gasteiger partial charge in [-0.3, -0.25) is 19.2 Å². The van der Waals surface area contributed by atoms with Crippen LogP contribution in [0.2, 0.25) is 0 Å². The van der Waals surface area contributed by atoms with E-state index in [-0.39, 0.29) is 18.9 Å². The second kappa shape index (κ2) is 11.4. The van der Waals surface area contributed by atoms with Gasteiger partial charge in [0.2, 0.25) is 23.6 Å². The maximum absolute atomic E-state index is 13.9. The number of aliphatic hydroxyl groups is 2. The average Bonchev–Trinajstić information content (AvgIpc) is 3.49. The third-order valence-corrected chi connectivity index (χ3v) is 7.22. The van der Waals surface area contributed by atoms with E-state index in [1.165, 1.54) is 23.6 Å². The number of nitrogens with one attached hydrogen (secondary N) is 1. The SMILES string of the molecule is CC(O)C(N)C(=O)N1CCC[C@H]1C(=O)N1CCC[C@]1(Cc1ccccc1)C(=O)NC(C(N)=O)C(C)O. The van der Waals surface area contributed by atoms with Crippen molar-refractivity contribution in [1.82, 2.24) is 15.1 Å². The number of rotatable bonds is 9. The van der Waals surface area contributed by atoms with E-state index in [2.05, 4.69) is 5.32 Å². The van der Waals surface area contributed by atoms with Crippen molar-refractivity contribution in [2.24, 2.45) is 11.5 Å². The number of carbonyl (C=O) groups is 4. The minimum absolute atomic E-state index is 0.185. The molecule has 198 valence electrons. The van der Waals surface area contributed by atoms with Gasteiger partial charge in [-0.25, -0.2) is 0 Å². The van der Waals surface area contributed by atoms with E-state index in [9.17, 15) is 29.4 Å². The average molecular weight is 504 g/mol. The second-order valence-electron chi connectivity index (χ2n) is 9.84. The summed E-state index contributed by atoms with van der Waals surface area (Å²) in [5.74, 6) is -2.36. The number of aliphatic hydroxyl groups excluding tert-OH is 2. The summed E-state index contributed by atoms with van der Waals surface area (Å²) in [6.07, 6.45) is -0.246. The van der Waals surface area contributed by atoms with Crippen molar-refractivity contribution in [2.75, 3.05) is 13.1 Å². The standard InChI is InChI=1S/C25H37N5O6/c1-15(31)19(26)23(35)29-12-6-10-18(29)22(34)30-13-7-11-25(30,14-17-8-4-3-5-9-17)24(36)28-20(16(2)32)21(27)33/h3-5,8-9,15-16,18-20,31-32H,6-7,10-14,26H2,1-2H3,(H2,27,33)(H,28,36)/t15?,16?,18-,19?,20?,25-/m0/s1. The number of hydrogen-bond acceptors (Lipinski definition) is 7. The van der Waals surface area contributed by atoms with E-state index >= 15 is 0 Å². The third kappa shape index (κ3) is 5.53. The molecule has 1 aromatic carbocycles. The van der Waals surface area contributed by atoms with Gasteiger partial charge in [-0.05, 0) is 45.1 Å². The van der Waals surface area contributed by atoms with Gasteiger partial charge in [-0.1, -0.05) is 30.3 Å². The Morgan fingerprint density at radius 1 is 1.08 bits per heavy atom. The molecule has 7 N–H and O–H groups in total. The number of carbonyl (C=O) groups excluding carboxylic acids is 4. The van der Waals surface area contributed by atoms with Crippen LogP contribution >= 0.6 is 0 Å². The first-order valence-electron chi connectivity index (χ1n) is 12.4. The van der Waals surface area contributed by atoms with Gasteiger partial charge in [0.15, 0.2) is 0 Å². The summed E-state index contributed by atoms with van der Waals surface area (Å²) < 4.78 is 0. The van der Waals surface area contributed by atoms with Crippen LogP contribution in [0.5, 0.6) is 0 Å². The summed E-state index contributed by atoms with van der Waals surface area (Å²) >= 11 is 0. The Hall–Kier alpha value is -3.02. The summed E-state index contributed by atoms with van der Waals surface area (Å²) in [5.41, 5.74) is 10.8. The molecule has 0 aromatic heterocycles. The van der Waals surface area contributed by atoms with Crippen molar-refractivity contribution in [1.29, 1.82) is 0 Å². The van der Waals surface area contributed by atoms with Crippen LogP contribution < -0.4 is 16.8 Å². The van der Waals surface area contributed by atoms with Crippen molar-refractivity contribution < 1.29 is 29.4 Å². The molecule has 0 spiro atoms. The highest BCUT2D eigenvalue weighted by molar-refractivity contribution is 5.98. The van der Waals surface area contributed by atoms with E-state index in [0.717, 1.165) is 5.56 Å². The number of amides is 4. The number of primary amides is 1. The van der Waals surface area contributed by atoms with Crippen LogP contribution in [-0.2, 0) is 25.6 Å². The zero-order valence-electron chi connectivity index (χ0n) is 20.8. The Morgan fingerprint density at radius 2 is 1.75 bits per heavy atom. The molecule has 0 aliphatic carbocycles. The Bertz CT molecular complexity index is 971. The molecular weight excluding hydrogens is 466 g/mol. The minimum atomic E-state index is -1.34. The summed E-state index contributed by atoms with van der Waals surface area (Å²) in [4.78, 5) is 55.4. The number of hydrogen-bond donors (Lipinski definition) is 5. The summed E-state index contributed by atoms with van der Waals surface area (Å²) in [6.45, 7) is 3.39. The van der Waals surface area contributed by atoms with Gasteiger partial charge in [0.25, 0.3) is 0 Å². The van der Waals surface area contributed by atoms with E-state index in [1.54, 1.807) is 0 Å². The van der Waals surface area contributed by atoms with Gasteiger partial charge in [0.1, 0.15) is 23.7 Å². The predicted molar refractivity (Wildman–Crippen MR) is 131 cm³/mol. The molecule has 36 heavy (non-hydrogen) atoms. The predicted octanol–water partition coefficient (Wildman–Crippen LogP) is -1.36. The van der Waals surface area contributed by atoms with E-state index in [0.29, 0.717) is 32.2 Å². The van der Waals surface area contributed by atoms with Crippen LogP contribution in [0.3, 0.4) is 0 Å². The van der Waals surface area contributed by atoms with E-state index in [1.807, 2.05) is 30.3 Å². The number of benzene rings is 1. The topological polar surface area (TPSA) is 179 Å². The molecule has 1 aromatic rings. The van der Waals surface area contributed by atoms with Gasteiger partial charge in [0, 0.05) is 19.5 Å². The Kier molecular flexibility index (Phi) is 8.70. The first kappa shape index (κ1) is 27.6. The van der Waals surface area contributed by atoms with Crippen LogP contribution in [0.1, 0.15) is 45.1 Å². The molecule has 2 heterocycles. The highest BCUT2D eigenvalue weighted by atomic mass is 16.3. The molecule has 6 atom stereocenters. The van der Waals surface area contributed by atoms with Gasteiger partial charge >= 0.3 is 0 Å². The molecule has 4 amide bonds. The molecular formula is C25H37N5O6. The van der Waals surface area contributed by atoms with Gasteiger partial charge in [-0.2, -0.15) is 0 Å². The van der Waals surface area contributed by atoms with Crippen molar-refractivity contribution >= 4 is 23.6 Å². The van der Waals surface area contributed by atoms with Crippen LogP contribution in [0.25, 0.3) is 0 Å². The summed E-state index contributed by atoms with van der Waals surface area (Å²) in [6, 6.07) is 5.92. The first-order valence-corrected chi connectivity index (χ1v) is 12.4. The van der Waals surface area contributed by atoms with Crippen LogP contribution in [0, 0.1) is 0 Å². The lowest BCUT2D eigenvalue weighted by Gasteiger charge is -2.41. The van der Waals surface area contributed by atoms with Crippen LogP contribution in [0.4, 0.5) is 0 Å². The van der Waals surface area contributed by atoms with Gasteiger partial charge in [-0.15, -0.1) is 0 Å². The van der Waals surface area contributed by atoms with E-state index < -0.39 is 53.6 Å². The molecule has 3 rings (SSSR count). The van der Waals surface area contributed by atoms with Crippen molar-refractivity contribution in [3.05, 3.63) is 35.9 Å². The lowest BCUT2D eigenvalue weighted by atomic mass is 9.86. The fourth-order valence-electron chi connectivity index (χ4n) is 5.20. The molecule has 2 aliphatic rings. The normalized spacial score (nSPS) is 25.2. The van der Waals surface area contributed by atoms with Crippen LogP contribution in [-0.4, -0.2) is 92.6 Å².